The summed E-state index contributed by atoms with van der Waals surface area (Å²) in [7, 11) is 1.39. The van der Waals surface area contributed by atoms with Gasteiger partial charge in [-0.15, -0.1) is 0 Å². The van der Waals surface area contributed by atoms with Crippen LogP contribution in [-0.4, -0.2) is 30.9 Å². The molecular formula is C18H17F4N3O2. The van der Waals surface area contributed by atoms with E-state index < -0.39 is 25.1 Å². The van der Waals surface area contributed by atoms with Gasteiger partial charge in [0.25, 0.3) is 0 Å². The molecule has 0 saturated carbocycles. The fourth-order valence-corrected chi connectivity index (χ4v) is 2.32. The summed E-state index contributed by atoms with van der Waals surface area (Å²) >= 11 is 0. The molecule has 9 heteroatoms. The van der Waals surface area contributed by atoms with Crippen LogP contribution in [0.4, 0.5) is 17.6 Å². The number of nitrogens with zero attached hydrogens (tertiary/aromatic N) is 2. The monoisotopic (exact) mass is 383 g/mol. The van der Waals surface area contributed by atoms with Crippen LogP contribution in [0, 0.1) is 5.82 Å². The number of carbonyl (C=O) groups is 1. The first kappa shape index (κ1) is 20.2. The van der Waals surface area contributed by atoms with Crippen LogP contribution in [0.3, 0.4) is 0 Å². The number of ether oxygens (including phenoxy) is 1. The third-order valence-electron chi connectivity index (χ3n) is 3.73. The molecule has 2 aromatic carbocycles. The lowest BCUT2D eigenvalue weighted by Gasteiger charge is -2.18. The number of hydrogen-bond donors (Lipinski definition) is 1. The molecule has 1 atom stereocenters. The van der Waals surface area contributed by atoms with Crippen molar-refractivity contribution in [3.63, 3.8) is 0 Å². The Hall–Kier alpha value is -3.10. The number of nitrogens with two attached hydrogens (primary N) is 1. The Morgan fingerprint density at radius 3 is 2.41 bits per heavy atom. The fourth-order valence-electron chi connectivity index (χ4n) is 2.32. The fraction of sp³-hybridized carbons (Fsp3) is 0.222. The Morgan fingerprint density at radius 1 is 1.22 bits per heavy atom. The Labute approximate surface area is 153 Å². The maximum atomic E-state index is 13.6. The van der Waals surface area contributed by atoms with Crippen LogP contribution in [0.2, 0.25) is 0 Å². The average molecular weight is 383 g/mol. The zero-order valence-electron chi connectivity index (χ0n) is 14.3. The van der Waals surface area contributed by atoms with E-state index in [-0.39, 0.29) is 17.3 Å². The van der Waals surface area contributed by atoms with E-state index in [0.29, 0.717) is 17.5 Å². The van der Waals surface area contributed by atoms with Gasteiger partial charge < -0.3 is 10.5 Å². The Kier molecular flexibility index (Phi) is 6.75. The highest BCUT2D eigenvalue weighted by molar-refractivity contribution is 5.87. The molecule has 0 bridgehead atoms. The van der Waals surface area contributed by atoms with Crippen molar-refractivity contribution in [1.82, 2.24) is 4.90 Å². The third-order valence-corrected chi connectivity index (χ3v) is 3.73. The van der Waals surface area contributed by atoms with Gasteiger partial charge in [-0.1, -0.05) is 18.2 Å². The van der Waals surface area contributed by atoms with E-state index in [1.807, 2.05) is 0 Å². The van der Waals surface area contributed by atoms with Crippen molar-refractivity contribution in [2.24, 2.45) is 10.7 Å². The first-order valence-corrected chi connectivity index (χ1v) is 7.76. The van der Waals surface area contributed by atoms with Gasteiger partial charge >= 0.3 is 6.61 Å². The molecule has 1 unspecified atom stereocenters. The minimum Gasteiger partial charge on any atom is -0.435 e. The smallest absolute Gasteiger partial charge is 0.387 e. The summed E-state index contributed by atoms with van der Waals surface area (Å²) in [6.45, 7) is -3.98. The molecule has 2 rings (SSSR count). The quantitative estimate of drug-likeness (QED) is 0.345. The highest BCUT2D eigenvalue weighted by Gasteiger charge is 2.17. The number of guanidine groups is 1. The second kappa shape index (κ2) is 9.02. The van der Waals surface area contributed by atoms with E-state index >= 15 is 0 Å². The van der Waals surface area contributed by atoms with Crippen LogP contribution < -0.4 is 10.5 Å². The highest BCUT2D eigenvalue weighted by atomic mass is 19.3. The first-order valence-electron chi connectivity index (χ1n) is 7.76. The molecule has 27 heavy (non-hydrogen) atoms. The number of rotatable bonds is 7. The van der Waals surface area contributed by atoms with E-state index in [4.69, 9.17) is 5.73 Å². The van der Waals surface area contributed by atoms with Crippen molar-refractivity contribution in [2.75, 3.05) is 7.05 Å². The summed E-state index contributed by atoms with van der Waals surface area (Å²) in [5.74, 6) is -0.894. The molecule has 144 valence electrons. The number of carbonyl (C=O) groups excluding carboxylic acids is 1. The zero-order valence-corrected chi connectivity index (χ0v) is 14.3. The van der Waals surface area contributed by atoms with Gasteiger partial charge in [0, 0.05) is 12.6 Å². The second-order valence-corrected chi connectivity index (χ2v) is 5.54. The van der Waals surface area contributed by atoms with E-state index in [9.17, 15) is 22.4 Å². The van der Waals surface area contributed by atoms with E-state index in [2.05, 4.69) is 9.73 Å². The third kappa shape index (κ3) is 5.19. The van der Waals surface area contributed by atoms with Crippen LogP contribution in [0.1, 0.15) is 22.7 Å². The molecule has 2 N–H and O–H groups in total. The van der Waals surface area contributed by atoms with Crippen molar-refractivity contribution in [1.29, 1.82) is 0 Å². The maximum absolute atomic E-state index is 13.6. The van der Waals surface area contributed by atoms with Crippen LogP contribution in [0.25, 0.3) is 0 Å². The summed E-state index contributed by atoms with van der Waals surface area (Å²) in [5, 5.41) is 0. The van der Waals surface area contributed by atoms with Gasteiger partial charge in [-0.25, -0.2) is 13.8 Å². The lowest BCUT2D eigenvalue weighted by atomic mass is 9.97. The van der Waals surface area contributed by atoms with E-state index in [1.165, 1.54) is 43.4 Å². The molecule has 0 aliphatic carbocycles. The van der Waals surface area contributed by atoms with E-state index in [0.717, 1.165) is 11.0 Å². The normalized spacial score (nSPS) is 12.7. The topological polar surface area (TPSA) is 67.9 Å². The molecule has 0 spiro atoms. The summed E-state index contributed by atoms with van der Waals surface area (Å²) in [4.78, 5) is 16.1. The zero-order chi connectivity index (χ0) is 20.0. The second-order valence-electron chi connectivity index (χ2n) is 5.54. The number of alkyl halides is 3. The largest absolute Gasteiger partial charge is 0.435 e. The van der Waals surface area contributed by atoms with Gasteiger partial charge in [0.1, 0.15) is 24.3 Å². The van der Waals surface area contributed by atoms with Crippen LogP contribution in [-0.2, 0) is 11.5 Å². The van der Waals surface area contributed by atoms with Crippen molar-refractivity contribution in [3.8, 4) is 5.75 Å². The number of aliphatic imine (C=N–C) groups is 1. The Balaban J connectivity index is 2.48. The molecule has 0 heterocycles. The molecule has 1 amide bonds. The Bertz CT molecular complexity index is 813. The minimum atomic E-state index is -2.97. The molecule has 0 aliphatic heterocycles. The van der Waals surface area contributed by atoms with Crippen molar-refractivity contribution in [3.05, 3.63) is 65.0 Å². The maximum Gasteiger partial charge on any atom is 0.387 e. The molecule has 0 radical (unpaired) electrons. The van der Waals surface area contributed by atoms with E-state index in [1.54, 1.807) is 0 Å². The lowest BCUT2D eigenvalue weighted by Crippen LogP contribution is -2.33. The Morgan fingerprint density at radius 2 is 1.85 bits per heavy atom. The predicted octanol–water partition coefficient (Wildman–Crippen LogP) is 3.39. The lowest BCUT2D eigenvalue weighted by molar-refractivity contribution is -0.114. The summed E-state index contributed by atoms with van der Waals surface area (Å²) in [5.41, 5.74) is 6.52. The summed E-state index contributed by atoms with van der Waals surface area (Å²) in [6.07, 6.45) is 0.452. The standard InChI is InChI=1S/C18H17F4N3O2/c1-25(10-26)18(23)24-16(12-4-7-15(20)13(8-12)9-19)11-2-5-14(6-3-11)27-17(21)22/h2-8,10,16-17H,9H2,1H3,(H2,23,24). The molecule has 2 aromatic rings. The molecule has 0 fully saturated rings. The van der Waals surface area contributed by atoms with Crippen LogP contribution >= 0.6 is 0 Å². The number of hydrogen-bond acceptors (Lipinski definition) is 3. The predicted molar refractivity (Wildman–Crippen MR) is 91.6 cm³/mol. The number of amides is 1. The van der Waals surface area contributed by atoms with Gasteiger partial charge in [0.05, 0.1) is 0 Å². The molecule has 0 aliphatic rings. The van der Waals surface area contributed by atoms with Crippen LogP contribution in [0.15, 0.2) is 47.5 Å². The van der Waals surface area contributed by atoms with Gasteiger partial charge in [0.15, 0.2) is 5.96 Å². The average Bonchev–Trinajstić information content (AvgIpc) is 2.66. The molecule has 5 nitrogen and oxygen atoms in total. The molecule has 0 aromatic heterocycles. The number of benzene rings is 2. The molecular weight excluding hydrogens is 366 g/mol. The van der Waals surface area contributed by atoms with Crippen molar-refractivity contribution in [2.45, 2.75) is 19.3 Å². The summed E-state index contributed by atoms with van der Waals surface area (Å²) in [6, 6.07) is 8.53. The molecule has 0 saturated heterocycles. The van der Waals surface area contributed by atoms with Gasteiger partial charge in [-0.2, -0.15) is 8.78 Å². The van der Waals surface area contributed by atoms with Gasteiger partial charge in [-0.3, -0.25) is 9.69 Å². The van der Waals surface area contributed by atoms with Crippen molar-refractivity contribution >= 4 is 12.4 Å². The van der Waals surface area contributed by atoms with Crippen molar-refractivity contribution < 1.29 is 27.1 Å². The van der Waals surface area contributed by atoms with Gasteiger partial charge in [-0.05, 0) is 35.4 Å². The summed E-state index contributed by atoms with van der Waals surface area (Å²) < 4.78 is 55.5. The minimum absolute atomic E-state index is 0.0574. The number of halogens is 4. The van der Waals surface area contributed by atoms with Gasteiger partial charge in [0.2, 0.25) is 6.41 Å². The van der Waals surface area contributed by atoms with Crippen LogP contribution in [0.5, 0.6) is 5.75 Å². The highest BCUT2D eigenvalue weighted by Crippen LogP contribution is 2.29. The SMILES string of the molecule is CN(C=O)C(N)=NC(c1ccc(OC(F)F)cc1)c1ccc(F)c(CF)c1. The first-order chi connectivity index (χ1) is 12.8.